The van der Waals surface area contributed by atoms with Crippen LogP contribution in [-0.4, -0.2) is 27.6 Å². The van der Waals surface area contributed by atoms with Crippen LogP contribution >= 0.6 is 0 Å². The smallest absolute Gasteiger partial charge is 0.336 e. The molecule has 2 rings (SSSR count). The average molecular weight is 234 g/mol. The number of hydrogen-bond acceptors (Lipinski definition) is 3. The number of aliphatic hydroxyl groups is 1. The van der Waals surface area contributed by atoms with Crippen LogP contribution in [0.25, 0.3) is 0 Å². The summed E-state index contributed by atoms with van der Waals surface area (Å²) in [5, 5.41) is 19.4. The Balaban J connectivity index is 2.38. The minimum Gasteiger partial charge on any atom is -0.479 e. The molecule has 0 bridgehead atoms. The second-order valence-electron chi connectivity index (χ2n) is 4.45. The van der Waals surface area contributed by atoms with E-state index in [9.17, 15) is 14.7 Å². The molecule has 4 nitrogen and oxygen atoms in total. The number of carbonyl (C=O) groups excluding carboxylic acids is 1. The fourth-order valence-corrected chi connectivity index (χ4v) is 2.41. The third kappa shape index (κ3) is 2.08. The van der Waals surface area contributed by atoms with Gasteiger partial charge >= 0.3 is 5.97 Å². The van der Waals surface area contributed by atoms with Gasteiger partial charge in [0, 0.05) is 18.8 Å². The van der Waals surface area contributed by atoms with Crippen molar-refractivity contribution < 1.29 is 19.8 Å². The summed E-state index contributed by atoms with van der Waals surface area (Å²) in [7, 11) is 0. The fourth-order valence-electron chi connectivity index (χ4n) is 2.41. The zero-order valence-corrected chi connectivity index (χ0v) is 9.30. The SMILES string of the molecule is O=C1CCC(c2ccccc2)C(O)(C(=O)O)C1. The van der Waals surface area contributed by atoms with E-state index in [1.165, 1.54) is 0 Å². The van der Waals surface area contributed by atoms with Gasteiger partial charge in [0.15, 0.2) is 5.60 Å². The van der Waals surface area contributed by atoms with Gasteiger partial charge in [0.1, 0.15) is 5.78 Å². The zero-order chi connectivity index (χ0) is 12.5. The topological polar surface area (TPSA) is 74.6 Å². The predicted octanol–water partition coefficient (Wildman–Crippen LogP) is 1.34. The van der Waals surface area contributed by atoms with Crippen molar-refractivity contribution in [1.82, 2.24) is 0 Å². The molecule has 0 aliphatic heterocycles. The standard InChI is InChI=1S/C13H14O4/c14-10-6-7-11(9-4-2-1-3-5-9)13(17,8-10)12(15)16/h1-5,11,17H,6-8H2,(H,15,16). The lowest BCUT2D eigenvalue weighted by Crippen LogP contribution is -2.49. The third-order valence-electron chi connectivity index (χ3n) is 3.33. The highest BCUT2D eigenvalue weighted by atomic mass is 16.4. The summed E-state index contributed by atoms with van der Waals surface area (Å²) in [5.41, 5.74) is -1.19. The van der Waals surface area contributed by atoms with Crippen molar-refractivity contribution in [1.29, 1.82) is 0 Å². The van der Waals surface area contributed by atoms with Crippen molar-refractivity contribution in [2.24, 2.45) is 0 Å². The van der Waals surface area contributed by atoms with Crippen LogP contribution in [0.1, 0.15) is 30.7 Å². The molecule has 0 spiro atoms. The van der Waals surface area contributed by atoms with Crippen molar-refractivity contribution in [2.45, 2.75) is 30.8 Å². The molecule has 4 heteroatoms. The highest BCUT2D eigenvalue weighted by Crippen LogP contribution is 2.39. The first kappa shape index (κ1) is 11.8. The Kier molecular flexibility index (Phi) is 2.98. The maximum Gasteiger partial charge on any atom is 0.336 e. The van der Waals surface area contributed by atoms with Gasteiger partial charge in [-0.1, -0.05) is 30.3 Å². The summed E-state index contributed by atoms with van der Waals surface area (Å²) >= 11 is 0. The lowest BCUT2D eigenvalue weighted by Gasteiger charge is -2.35. The van der Waals surface area contributed by atoms with Gasteiger partial charge in [-0.25, -0.2) is 4.79 Å². The first-order valence-corrected chi connectivity index (χ1v) is 5.56. The second kappa shape index (κ2) is 4.30. The van der Waals surface area contributed by atoms with Gasteiger partial charge in [0.2, 0.25) is 0 Å². The van der Waals surface area contributed by atoms with Gasteiger partial charge in [-0.15, -0.1) is 0 Å². The maximum atomic E-state index is 11.3. The number of benzene rings is 1. The molecule has 1 aromatic rings. The molecule has 2 atom stereocenters. The summed E-state index contributed by atoms with van der Waals surface area (Å²) in [5.74, 6) is -2.03. The molecule has 90 valence electrons. The van der Waals surface area contributed by atoms with E-state index in [4.69, 9.17) is 5.11 Å². The number of carboxylic acids is 1. The van der Waals surface area contributed by atoms with E-state index in [1.54, 1.807) is 24.3 Å². The van der Waals surface area contributed by atoms with E-state index >= 15 is 0 Å². The van der Waals surface area contributed by atoms with Crippen molar-refractivity contribution in [2.75, 3.05) is 0 Å². The van der Waals surface area contributed by atoms with Crippen LogP contribution in [0.4, 0.5) is 0 Å². The lowest BCUT2D eigenvalue weighted by atomic mass is 9.71. The van der Waals surface area contributed by atoms with Crippen LogP contribution in [0.5, 0.6) is 0 Å². The van der Waals surface area contributed by atoms with E-state index in [0.717, 1.165) is 5.56 Å². The molecule has 1 saturated carbocycles. The Morgan fingerprint density at radius 3 is 2.53 bits per heavy atom. The monoisotopic (exact) mass is 234 g/mol. The van der Waals surface area contributed by atoms with E-state index in [1.807, 2.05) is 6.07 Å². The number of Topliss-reactive ketones (excluding diaryl/α,β-unsaturated/α-hetero) is 1. The molecule has 1 aliphatic rings. The van der Waals surface area contributed by atoms with Crippen LogP contribution < -0.4 is 0 Å². The Morgan fingerprint density at radius 2 is 1.94 bits per heavy atom. The Labute approximate surface area is 98.9 Å². The lowest BCUT2D eigenvalue weighted by molar-refractivity contribution is -0.167. The Hall–Kier alpha value is -1.68. The van der Waals surface area contributed by atoms with Crippen LogP contribution in [0.2, 0.25) is 0 Å². The first-order valence-electron chi connectivity index (χ1n) is 5.56. The molecule has 0 aromatic heterocycles. The molecule has 2 unspecified atom stereocenters. The van der Waals surface area contributed by atoms with Gasteiger partial charge in [-0.3, -0.25) is 4.79 Å². The fraction of sp³-hybridized carbons (Fsp3) is 0.385. The Bertz CT molecular complexity index is 440. The van der Waals surface area contributed by atoms with Crippen LogP contribution in [0, 0.1) is 0 Å². The zero-order valence-electron chi connectivity index (χ0n) is 9.30. The molecule has 1 fully saturated rings. The van der Waals surface area contributed by atoms with Gasteiger partial charge < -0.3 is 10.2 Å². The number of aliphatic carboxylic acids is 1. The Morgan fingerprint density at radius 1 is 1.29 bits per heavy atom. The summed E-state index contributed by atoms with van der Waals surface area (Å²) in [4.78, 5) is 22.5. The van der Waals surface area contributed by atoms with E-state index in [0.29, 0.717) is 12.8 Å². The van der Waals surface area contributed by atoms with Crippen molar-refractivity contribution >= 4 is 11.8 Å². The van der Waals surface area contributed by atoms with Crippen molar-refractivity contribution in [3.05, 3.63) is 35.9 Å². The van der Waals surface area contributed by atoms with Crippen LogP contribution in [-0.2, 0) is 9.59 Å². The molecule has 17 heavy (non-hydrogen) atoms. The minimum absolute atomic E-state index is 0.193. The van der Waals surface area contributed by atoms with E-state index < -0.39 is 17.5 Å². The molecule has 0 heterocycles. The molecular formula is C13H14O4. The van der Waals surface area contributed by atoms with E-state index in [2.05, 4.69) is 0 Å². The molecular weight excluding hydrogens is 220 g/mol. The highest BCUT2D eigenvalue weighted by molar-refractivity contribution is 5.90. The minimum atomic E-state index is -1.96. The average Bonchev–Trinajstić information content (AvgIpc) is 2.30. The third-order valence-corrected chi connectivity index (χ3v) is 3.33. The summed E-state index contributed by atoms with van der Waals surface area (Å²) in [6.07, 6.45) is 0.405. The van der Waals surface area contributed by atoms with Gasteiger partial charge in [0.25, 0.3) is 0 Å². The molecule has 1 aromatic carbocycles. The van der Waals surface area contributed by atoms with Crippen molar-refractivity contribution in [3.8, 4) is 0 Å². The molecule has 1 aliphatic carbocycles. The van der Waals surface area contributed by atoms with Crippen LogP contribution in [0.15, 0.2) is 30.3 Å². The maximum absolute atomic E-state index is 11.3. The van der Waals surface area contributed by atoms with E-state index in [-0.39, 0.29) is 12.2 Å². The highest BCUT2D eigenvalue weighted by Gasteiger charge is 2.48. The molecule has 0 amide bonds. The number of hydrogen-bond donors (Lipinski definition) is 2. The van der Waals surface area contributed by atoms with Crippen LogP contribution in [0.3, 0.4) is 0 Å². The predicted molar refractivity (Wildman–Crippen MR) is 60.6 cm³/mol. The summed E-state index contributed by atoms with van der Waals surface area (Å²) in [6.45, 7) is 0. The normalized spacial score (nSPS) is 29.0. The summed E-state index contributed by atoms with van der Waals surface area (Å²) < 4.78 is 0. The molecule has 0 saturated heterocycles. The van der Waals surface area contributed by atoms with Crippen molar-refractivity contribution in [3.63, 3.8) is 0 Å². The quantitative estimate of drug-likeness (QED) is 0.809. The summed E-state index contributed by atoms with van der Waals surface area (Å²) in [6, 6.07) is 9.00. The number of ketones is 1. The first-order chi connectivity index (χ1) is 8.04. The number of rotatable bonds is 2. The molecule has 2 N–H and O–H groups in total. The number of carbonyl (C=O) groups is 2. The largest absolute Gasteiger partial charge is 0.479 e. The number of carboxylic acid groups (broad SMARTS) is 1. The van der Waals surface area contributed by atoms with Gasteiger partial charge in [-0.05, 0) is 12.0 Å². The van der Waals surface area contributed by atoms with Gasteiger partial charge in [-0.2, -0.15) is 0 Å². The van der Waals surface area contributed by atoms with Gasteiger partial charge in [0.05, 0.1) is 0 Å². The second-order valence-corrected chi connectivity index (χ2v) is 4.45. The molecule has 0 radical (unpaired) electrons.